The number of nitrogens with zero attached hydrogens (tertiary/aromatic N) is 3. The summed E-state index contributed by atoms with van der Waals surface area (Å²) in [4.78, 5) is 56.4. The van der Waals surface area contributed by atoms with Crippen molar-refractivity contribution in [2.75, 3.05) is 26.3 Å². The summed E-state index contributed by atoms with van der Waals surface area (Å²) in [5, 5.41) is 35.6. The summed E-state index contributed by atoms with van der Waals surface area (Å²) < 4.78 is 9.96. The van der Waals surface area contributed by atoms with Gasteiger partial charge in [-0.25, -0.2) is 9.59 Å². The summed E-state index contributed by atoms with van der Waals surface area (Å²) >= 11 is 0. The van der Waals surface area contributed by atoms with Crippen molar-refractivity contribution in [3.8, 4) is 0 Å². The first-order valence-corrected chi connectivity index (χ1v) is 9.54. The van der Waals surface area contributed by atoms with Crippen LogP contribution >= 0.6 is 0 Å². The Morgan fingerprint density at radius 1 is 0.879 bits per heavy atom. The van der Waals surface area contributed by atoms with Crippen molar-refractivity contribution in [1.29, 1.82) is 0 Å². The molecule has 0 aromatic heterocycles. The highest BCUT2D eigenvalue weighted by molar-refractivity contribution is 6.00. The maximum Gasteiger partial charge on any atom is 0.336 e. The van der Waals surface area contributed by atoms with Crippen molar-refractivity contribution >= 4 is 17.6 Å². The maximum atomic E-state index is 12.9. The molecule has 1 heterocycles. The number of allylic oxidation sites excluding steroid dienone is 2. The molecule has 1 aliphatic heterocycles. The van der Waals surface area contributed by atoms with Crippen LogP contribution in [-0.4, -0.2) is 53.0 Å². The minimum absolute atomic E-state index is 0.0230. The molecule has 0 amide bonds. The molecule has 176 valence electrons. The lowest BCUT2D eigenvalue weighted by atomic mass is 9.79. The van der Waals surface area contributed by atoms with E-state index in [4.69, 9.17) is 9.47 Å². The monoisotopic (exact) mass is 464 g/mol. The normalized spacial score (nSPS) is 13.9. The van der Waals surface area contributed by atoms with Gasteiger partial charge in [-0.1, -0.05) is 18.2 Å². The molecule has 1 aromatic carbocycles. The summed E-state index contributed by atoms with van der Waals surface area (Å²) in [6.07, 6.45) is 0. The Kier molecular flexibility index (Phi) is 8.14. The number of carbonyl (C=O) groups excluding carboxylic acids is 2. The van der Waals surface area contributed by atoms with Gasteiger partial charge in [0.1, 0.15) is 0 Å². The molecule has 0 saturated carbocycles. The number of hydrogen-bond donors (Lipinski definition) is 1. The van der Waals surface area contributed by atoms with Crippen molar-refractivity contribution in [2.24, 2.45) is 0 Å². The van der Waals surface area contributed by atoms with Crippen LogP contribution in [0, 0.1) is 30.3 Å². The van der Waals surface area contributed by atoms with Crippen molar-refractivity contribution in [1.82, 2.24) is 5.32 Å². The number of nitro benzene ring substituents is 1. The van der Waals surface area contributed by atoms with Crippen LogP contribution in [0.3, 0.4) is 0 Å². The van der Waals surface area contributed by atoms with Crippen LogP contribution in [0.2, 0.25) is 0 Å². The summed E-state index contributed by atoms with van der Waals surface area (Å²) in [7, 11) is 0. The average molecular weight is 464 g/mol. The first-order valence-electron chi connectivity index (χ1n) is 9.54. The summed E-state index contributed by atoms with van der Waals surface area (Å²) in [5.74, 6) is -3.36. The van der Waals surface area contributed by atoms with Crippen molar-refractivity contribution in [2.45, 2.75) is 19.8 Å². The van der Waals surface area contributed by atoms with Gasteiger partial charge >= 0.3 is 11.9 Å². The predicted molar refractivity (Wildman–Crippen MR) is 110 cm³/mol. The smallest absolute Gasteiger partial charge is 0.336 e. The number of esters is 2. The SMILES string of the molecule is CC1=C(C(=O)OCC[N+](=O)[O-])C(c2ccccc2[N+](=O)[O-])C(C(=O)OCC[N+](=O)[O-])=C(C)N1. The standard InChI is InChI=1S/C19H20N4O10/c1-11-15(18(24)32-9-7-21(26)27)17(13-5-3-4-6-14(13)23(30)31)16(12(2)20-11)19(25)33-10-8-22(28)29/h3-6,17,20H,7-10H2,1-2H3. The van der Waals surface area contributed by atoms with Crippen LogP contribution in [0.5, 0.6) is 0 Å². The number of nitrogens with one attached hydrogen (secondary N) is 1. The fraction of sp³-hybridized carbons (Fsp3) is 0.368. The number of ether oxygens (including phenoxy) is 2. The van der Waals surface area contributed by atoms with E-state index in [1.54, 1.807) is 0 Å². The molecule has 0 aliphatic carbocycles. The van der Waals surface area contributed by atoms with E-state index in [0.717, 1.165) is 0 Å². The molecule has 0 radical (unpaired) electrons. The van der Waals surface area contributed by atoms with Crippen molar-refractivity contribution in [3.05, 3.63) is 82.7 Å². The number of dihydropyridines is 1. The zero-order chi connectivity index (χ0) is 24.7. The highest BCUT2D eigenvalue weighted by atomic mass is 16.6. The second-order valence-corrected chi connectivity index (χ2v) is 6.84. The highest BCUT2D eigenvalue weighted by Crippen LogP contribution is 2.42. The second-order valence-electron chi connectivity index (χ2n) is 6.84. The van der Waals surface area contributed by atoms with Gasteiger partial charge in [-0.15, -0.1) is 0 Å². The van der Waals surface area contributed by atoms with Crippen LogP contribution in [-0.2, 0) is 19.1 Å². The molecule has 0 bridgehead atoms. The van der Waals surface area contributed by atoms with Crippen LogP contribution in [0.25, 0.3) is 0 Å². The van der Waals surface area contributed by atoms with Gasteiger partial charge in [-0.05, 0) is 13.8 Å². The number of rotatable bonds is 10. The zero-order valence-corrected chi connectivity index (χ0v) is 17.6. The first kappa shape index (κ1) is 24.9. The van der Waals surface area contributed by atoms with E-state index < -0.39 is 64.6 Å². The molecule has 0 atom stereocenters. The van der Waals surface area contributed by atoms with Crippen molar-refractivity contribution in [3.63, 3.8) is 0 Å². The molecular weight excluding hydrogens is 444 g/mol. The fourth-order valence-electron chi connectivity index (χ4n) is 3.33. The van der Waals surface area contributed by atoms with Gasteiger partial charge < -0.3 is 14.8 Å². The minimum Gasteiger partial charge on any atom is -0.455 e. The number of para-hydroxylation sites is 1. The predicted octanol–water partition coefficient (Wildman–Crippen LogP) is 1.47. The van der Waals surface area contributed by atoms with E-state index in [2.05, 4.69) is 5.32 Å². The lowest BCUT2D eigenvalue weighted by molar-refractivity contribution is -0.482. The second kappa shape index (κ2) is 10.8. The Balaban J connectivity index is 2.57. The summed E-state index contributed by atoms with van der Waals surface area (Å²) in [6.45, 7) is 0.516. The first-order chi connectivity index (χ1) is 15.5. The van der Waals surface area contributed by atoms with E-state index in [9.17, 15) is 39.9 Å². The Bertz CT molecular complexity index is 1010. The fourth-order valence-corrected chi connectivity index (χ4v) is 3.33. The van der Waals surface area contributed by atoms with Gasteiger partial charge in [0, 0.05) is 32.9 Å². The van der Waals surface area contributed by atoms with Gasteiger partial charge in [0.05, 0.1) is 22.0 Å². The number of carbonyl (C=O) groups is 2. The van der Waals surface area contributed by atoms with Crippen LogP contribution < -0.4 is 5.32 Å². The molecule has 0 unspecified atom stereocenters. The lowest BCUT2D eigenvalue weighted by Gasteiger charge is -2.30. The van der Waals surface area contributed by atoms with Crippen molar-refractivity contribution < 1.29 is 33.8 Å². The van der Waals surface area contributed by atoms with Crippen LogP contribution in [0.4, 0.5) is 5.69 Å². The van der Waals surface area contributed by atoms with Gasteiger partial charge in [0.15, 0.2) is 13.2 Å². The van der Waals surface area contributed by atoms with Gasteiger partial charge in [-0.3, -0.25) is 30.3 Å². The average Bonchev–Trinajstić information content (AvgIpc) is 2.72. The van der Waals surface area contributed by atoms with Gasteiger partial charge in [0.25, 0.3) is 5.69 Å². The van der Waals surface area contributed by atoms with Gasteiger partial charge in [0.2, 0.25) is 13.1 Å². The maximum absolute atomic E-state index is 12.9. The molecule has 33 heavy (non-hydrogen) atoms. The lowest BCUT2D eigenvalue weighted by Crippen LogP contribution is -2.33. The Hall–Kier alpha value is -4.36. The topological polar surface area (TPSA) is 194 Å². The molecule has 1 aliphatic rings. The highest BCUT2D eigenvalue weighted by Gasteiger charge is 2.41. The minimum atomic E-state index is -1.32. The van der Waals surface area contributed by atoms with Gasteiger partial charge in [-0.2, -0.15) is 0 Å². The number of nitro groups is 3. The quantitative estimate of drug-likeness (QED) is 0.299. The molecule has 0 saturated heterocycles. The third-order valence-electron chi connectivity index (χ3n) is 4.66. The van der Waals surface area contributed by atoms with Crippen LogP contribution in [0.15, 0.2) is 46.8 Å². The molecule has 14 nitrogen and oxygen atoms in total. The Morgan fingerprint density at radius 2 is 1.33 bits per heavy atom. The molecule has 1 N–H and O–H groups in total. The van der Waals surface area contributed by atoms with E-state index in [-0.39, 0.29) is 28.1 Å². The molecule has 1 aromatic rings. The zero-order valence-electron chi connectivity index (χ0n) is 17.6. The van der Waals surface area contributed by atoms with E-state index in [0.29, 0.717) is 0 Å². The Labute approximate surface area is 186 Å². The molecule has 14 heteroatoms. The third kappa shape index (κ3) is 6.09. The van der Waals surface area contributed by atoms with Crippen LogP contribution in [0.1, 0.15) is 25.3 Å². The number of hydrogen-bond acceptors (Lipinski definition) is 11. The molecule has 2 rings (SSSR count). The molecule has 0 fully saturated rings. The number of benzene rings is 1. The van der Waals surface area contributed by atoms with E-state index in [1.807, 2.05) is 0 Å². The van der Waals surface area contributed by atoms with E-state index >= 15 is 0 Å². The van der Waals surface area contributed by atoms with E-state index in [1.165, 1.54) is 38.1 Å². The largest absolute Gasteiger partial charge is 0.455 e. The summed E-state index contributed by atoms with van der Waals surface area (Å²) in [5.41, 5.74) is -0.354. The third-order valence-corrected chi connectivity index (χ3v) is 4.66. The molecule has 0 spiro atoms. The Morgan fingerprint density at radius 3 is 1.76 bits per heavy atom. The molecular formula is C19H20N4O10. The summed E-state index contributed by atoms with van der Waals surface area (Å²) in [6, 6.07) is 5.41.